The van der Waals surface area contributed by atoms with Crippen molar-refractivity contribution in [3.05, 3.63) is 59.5 Å². The number of nitrogens with one attached hydrogen (secondary N) is 1. The van der Waals surface area contributed by atoms with Crippen LogP contribution in [0.5, 0.6) is 0 Å². The first-order valence-electron chi connectivity index (χ1n) is 8.79. The number of furan rings is 1. The fourth-order valence-corrected chi connectivity index (χ4v) is 3.05. The van der Waals surface area contributed by atoms with Crippen molar-refractivity contribution in [1.29, 1.82) is 0 Å². The highest BCUT2D eigenvalue weighted by Crippen LogP contribution is 2.09. The highest BCUT2D eigenvalue weighted by Gasteiger charge is 2.17. The van der Waals surface area contributed by atoms with E-state index in [1.807, 2.05) is 0 Å². The Kier molecular flexibility index (Phi) is 13.2. The molecule has 0 unspecified atom stereocenters. The van der Waals surface area contributed by atoms with E-state index >= 15 is 0 Å². The molecule has 1 saturated heterocycles. The molecule has 0 spiro atoms. The van der Waals surface area contributed by atoms with E-state index in [0.29, 0.717) is 24.4 Å². The fraction of sp³-hybridized carbons (Fsp3) is 0.421. The Morgan fingerprint density at radius 1 is 1.04 bits per heavy atom. The molecule has 3 N–H and O–H groups in total. The second-order valence-corrected chi connectivity index (χ2v) is 6.37. The summed E-state index contributed by atoms with van der Waals surface area (Å²) in [6.45, 7) is 7.01. The van der Waals surface area contributed by atoms with Gasteiger partial charge >= 0.3 is 0 Å². The Morgan fingerprint density at radius 3 is 2.29 bits per heavy atom. The van der Waals surface area contributed by atoms with Crippen LogP contribution in [-0.4, -0.2) is 55.0 Å². The minimum atomic E-state index is -0.105. The number of piperazine rings is 1. The van der Waals surface area contributed by atoms with Crippen LogP contribution < -0.4 is 11.1 Å². The van der Waals surface area contributed by atoms with Crippen LogP contribution in [0.4, 0.5) is 0 Å². The van der Waals surface area contributed by atoms with Gasteiger partial charge in [0, 0.05) is 45.8 Å². The highest BCUT2D eigenvalue weighted by molar-refractivity contribution is 5.93. The van der Waals surface area contributed by atoms with Crippen molar-refractivity contribution in [3.63, 3.8) is 0 Å². The minimum Gasteiger partial charge on any atom is -0.467 e. The largest absolute Gasteiger partial charge is 0.467 e. The van der Waals surface area contributed by atoms with E-state index in [4.69, 9.17) is 10.2 Å². The van der Waals surface area contributed by atoms with Crippen molar-refractivity contribution >= 4 is 43.1 Å². The van der Waals surface area contributed by atoms with Crippen LogP contribution >= 0.6 is 37.2 Å². The van der Waals surface area contributed by atoms with Crippen molar-refractivity contribution in [2.45, 2.75) is 13.1 Å². The zero-order valence-corrected chi connectivity index (χ0v) is 18.2. The van der Waals surface area contributed by atoms with Crippen molar-refractivity contribution in [1.82, 2.24) is 15.1 Å². The van der Waals surface area contributed by atoms with Gasteiger partial charge in [-0.3, -0.25) is 14.6 Å². The smallest absolute Gasteiger partial charge is 0.254 e. The van der Waals surface area contributed by atoms with E-state index in [2.05, 4.69) is 45.4 Å². The SMILES string of the molecule is Cl.Cl.Cl.NCc1cc(C(=O)NCCN2CCN(Cc3ccccc3)CC2)co1. The summed E-state index contributed by atoms with van der Waals surface area (Å²) in [5.41, 5.74) is 7.38. The van der Waals surface area contributed by atoms with E-state index in [0.717, 1.165) is 39.3 Å². The molecule has 3 rings (SSSR count). The molecule has 0 radical (unpaired) electrons. The van der Waals surface area contributed by atoms with E-state index in [1.165, 1.54) is 11.8 Å². The molecule has 0 atom stereocenters. The zero-order chi connectivity index (χ0) is 17.5. The third-order valence-electron chi connectivity index (χ3n) is 4.54. The van der Waals surface area contributed by atoms with Crippen LogP contribution in [-0.2, 0) is 13.1 Å². The lowest BCUT2D eigenvalue weighted by molar-refractivity contribution is 0.0933. The Hall–Kier alpha value is -1.28. The number of nitrogens with two attached hydrogens (primary N) is 1. The molecular weight excluding hydrogens is 423 g/mol. The average molecular weight is 452 g/mol. The summed E-state index contributed by atoms with van der Waals surface area (Å²) in [5.74, 6) is 0.519. The van der Waals surface area contributed by atoms with E-state index in [9.17, 15) is 4.79 Å². The number of hydrogen-bond donors (Lipinski definition) is 2. The summed E-state index contributed by atoms with van der Waals surface area (Å²) in [4.78, 5) is 16.9. The zero-order valence-electron chi connectivity index (χ0n) is 15.7. The van der Waals surface area contributed by atoms with Gasteiger partial charge in [0.15, 0.2) is 0 Å². The van der Waals surface area contributed by atoms with Crippen molar-refractivity contribution in [2.24, 2.45) is 5.73 Å². The maximum Gasteiger partial charge on any atom is 0.254 e. The first-order valence-corrected chi connectivity index (χ1v) is 8.79. The van der Waals surface area contributed by atoms with Crippen LogP contribution in [0.15, 0.2) is 47.1 Å². The predicted octanol–water partition coefficient (Wildman–Crippen LogP) is 2.55. The molecule has 1 fully saturated rings. The molecule has 2 heterocycles. The van der Waals surface area contributed by atoms with Gasteiger partial charge in [-0.1, -0.05) is 30.3 Å². The van der Waals surface area contributed by atoms with Gasteiger partial charge in [0.05, 0.1) is 12.1 Å². The van der Waals surface area contributed by atoms with E-state index < -0.39 is 0 Å². The van der Waals surface area contributed by atoms with Gasteiger partial charge in [-0.15, -0.1) is 37.2 Å². The molecule has 0 saturated carbocycles. The third kappa shape index (κ3) is 7.99. The molecule has 1 aliphatic heterocycles. The molecule has 9 heteroatoms. The topological polar surface area (TPSA) is 74.7 Å². The second kappa shape index (κ2) is 13.8. The average Bonchev–Trinajstić information content (AvgIpc) is 3.13. The fourth-order valence-electron chi connectivity index (χ4n) is 3.05. The lowest BCUT2D eigenvalue weighted by Gasteiger charge is -2.34. The number of rotatable bonds is 7. The summed E-state index contributed by atoms with van der Waals surface area (Å²) in [6, 6.07) is 12.3. The molecule has 0 bridgehead atoms. The van der Waals surface area contributed by atoms with Gasteiger partial charge in [-0.25, -0.2) is 0 Å². The number of amides is 1. The van der Waals surface area contributed by atoms with Gasteiger partial charge in [0.25, 0.3) is 5.91 Å². The van der Waals surface area contributed by atoms with Gasteiger partial charge in [-0.2, -0.15) is 0 Å². The monoisotopic (exact) mass is 450 g/mol. The van der Waals surface area contributed by atoms with Gasteiger partial charge in [0.1, 0.15) is 12.0 Å². The summed E-state index contributed by atoms with van der Waals surface area (Å²) in [6.07, 6.45) is 1.46. The molecule has 2 aromatic rings. The number of nitrogens with zero attached hydrogens (tertiary/aromatic N) is 2. The predicted molar refractivity (Wildman–Crippen MR) is 119 cm³/mol. The molecule has 6 nitrogen and oxygen atoms in total. The third-order valence-corrected chi connectivity index (χ3v) is 4.54. The Morgan fingerprint density at radius 2 is 1.68 bits per heavy atom. The Bertz CT molecular complexity index is 677. The molecule has 158 valence electrons. The molecule has 1 aromatic carbocycles. The maximum absolute atomic E-state index is 12.0. The summed E-state index contributed by atoms with van der Waals surface area (Å²) >= 11 is 0. The first-order chi connectivity index (χ1) is 12.2. The molecule has 1 aliphatic rings. The van der Waals surface area contributed by atoms with E-state index in [1.54, 1.807) is 6.07 Å². The van der Waals surface area contributed by atoms with Crippen LogP contribution in [0.2, 0.25) is 0 Å². The molecule has 1 amide bonds. The van der Waals surface area contributed by atoms with Crippen molar-refractivity contribution < 1.29 is 9.21 Å². The van der Waals surface area contributed by atoms with Gasteiger partial charge in [-0.05, 0) is 11.6 Å². The summed E-state index contributed by atoms with van der Waals surface area (Å²) < 4.78 is 5.19. The van der Waals surface area contributed by atoms with Crippen LogP contribution in [0.3, 0.4) is 0 Å². The highest BCUT2D eigenvalue weighted by atomic mass is 35.5. The van der Waals surface area contributed by atoms with Gasteiger partial charge < -0.3 is 15.5 Å². The Balaban J connectivity index is 0.00000243. The number of carbonyl (C=O) groups excluding carboxylic acids is 1. The number of halogens is 3. The lowest BCUT2D eigenvalue weighted by Crippen LogP contribution is -2.48. The van der Waals surface area contributed by atoms with Crippen molar-refractivity contribution in [2.75, 3.05) is 39.3 Å². The second-order valence-electron chi connectivity index (χ2n) is 6.37. The quantitative estimate of drug-likeness (QED) is 0.677. The number of benzene rings is 1. The van der Waals surface area contributed by atoms with Crippen LogP contribution in [0, 0.1) is 0 Å². The summed E-state index contributed by atoms with van der Waals surface area (Å²) in [7, 11) is 0. The van der Waals surface area contributed by atoms with E-state index in [-0.39, 0.29) is 43.1 Å². The van der Waals surface area contributed by atoms with Crippen LogP contribution in [0.1, 0.15) is 21.7 Å². The molecule has 0 aliphatic carbocycles. The minimum absolute atomic E-state index is 0. The molecule has 1 aromatic heterocycles. The standard InChI is InChI=1S/C19H26N4O2.3ClH/c20-13-18-12-17(15-25-18)19(24)21-6-7-22-8-10-23(11-9-22)14-16-4-2-1-3-5-16;;;/h1-5,12,15H,6-11,13-14,20H2,(H,21,24);3*1H. The lowest BCUT2D eigenvalue weighted by atomic mass is 10.2. The Labute approximate surface area is 185 Å². The summed E-state index contributed by atoms with van der Waals surface area (Å²) in [5, 5.41) is 2.94. The van der Waals surface area contributed by atoms with Gasteiger partial charge in [0.2, 0.25) is 0 Å². The number of carbonyl (C=O) groups is 1. The molecule has 28 heavy (non-hydrogen) atoms. The van der Waals surface area contributed by atoms with Crippen LogP contribution in [0.25, 0.3) is 0 Å². The maximum atomic E-state index is 12.0. The number of hydrogen-bond acceptors (Lipinski definition) is 5. The van der Waals surface area contributed by atoms with Crippen molar-refractivity contribution in [3.8, 4) is 0 Å². The normalized spacial score (nSPS) is 14.3. The molecular formula is C19H29Cl3N4O2. The first kappa shape index (κ1) is 26.7.